The molecular formula is C21H20Cl2N2O5S2. The van der Waals surface area contributed by atoms with Gasteiger partial charge in [0.2, 0.25) is 0 Å². The highest BCUT2D eigenvalue weighted by atomic mass is 35.5. The molecule has 0 aliphatic carbocycles. The number of thioether (sulfide) groups is 1. The van der Waals surface area contributed by atoms with Crippen molar-refractivity contribution in [3.63, 3.8) is 0 Å². The van der Waals surface area contributed by atoms with E-state index in [0.717, 1.165) is 28.7 Å². The van der Waals surface area contributed by atoms with E-state index in [9.17, 15) is 14.4 Å². The Bertz CT molecular complexity index is 1240. The first kappa shape index (κ1) is 24.6. The second-order valence-electron chi connectivity index (χ2n) is 6.58. The molecule has 0 aliphatic rings. The summed E-state index contributed by atoms with van der Waals surface area (Å²) in [5.74, 6) is -0.922. The van der Waals surface area contributed by atoms with Crippen LogP contribution in [0.4, 0.5) is 0 Å². The molecule has 32 heavy (non-hydrogen) atoms. The van der Waals surface area contributed by atoms with E-state index in [1.807, 2.05) is 0 Å². The maximum absolute atomic E-state index is 13.5. The monoisotopic (exact) mass is 514 g/mol. The van der Waals surface area contributed by atoms with Crippen LogP contribution in [-0.4, -0.2) is 40.5 Å². The van der Waals surface area contributed by atoms with Gasteiger partial charge in [-0.15, -0.1) is 11.3 Å². The maximum atomic E-state index is 13.5. The fourth-order valence-corrected chi connectivity index (χ4v) is 5.22. The van der Waals surface area contributed by atoms with Crippen molar-refractivity contribution in [3.8, 4) is 0 Å². The van der Waals surface area contributed by atoms with Crippen LogP contribution in [0.1, 0.15) is 34.6 Å². The minimum atomic E-state index is -0.496. The lowest BCUT2D eigenvalue weighted by Crippen LogP contribution is -2.24. The summed E-state index contributed by atoms with van der Waals surface area (Å²) in [5, 5.41) is 1.45. The Morgan fingerprint density at radius 2 is 1.88 bits per heavy atom. The number of thiophene rings is 1. The van der Waals surface area contributed by atoms with Crippen LogP contribution in [0, 0.1) is 6.92 Å². The van der Waals surface area contributed by atoms with Gasteiger partial charge in [-0.3, -0.25) is 14.2 Å². The van der Waals surface area contributed by atoms with E-state index in [-0.39, 0.29) is 31.1 Å². The number of aromatic nitrogens is 2. The number of ether oxygens (including phenoxy) is 2. The third-order valence-corrected chi connectivity index (χ3v) is 7.28. The standard InChI is InChI=1S/C21H20Cl2N2O5S2/c1-4-29-15(26)10-31-21-24-18-16(11(3)17(32-18)20(28)30-5-2)19(27)25(21)9-12-6-7-13(22)14(23)8-12/h6-8H,4-5,9-10H2,1-3H3. The second kappa shape index (κ2) is 10.7. The van der Waals surface area contributed by atoms with E-state index >= 15 is 0 Å². The van der Waals surface area contributed by atoms with E-state index in [2.05, 4.69) is 4.98 Å². The fourth-order valence-electron chi connectivity index (χ4n) is 2.99. The number of aryl methyl sites for hydroxylation is 1. The normalized spacial score (nSPS) is 11.0. The van der Waals surface area contributed by atoms with E-state index < -0.39 is 11.9 Å². The fraction of sp³-hybridized carbons (Fsp3) is 0.333. The van der Waals surface area contributed by atoms with Gasteiger partial charge in [-0.1, -0.05) is 41.0 Å². The number of carbonyl (C=O) groups is 2. The van der Waals surface area contributed by atoms with Gasteiger partial charge in [0.25, 0.3) is 5.56 Å². The van der Waals surface area contributed by atoms with Gasteiger partial charge in [-0.05, 0) is 44.0 Å². The predicted molar refractivity (Wildman–Crippen MR) is 127 cm³/mol. The van der Waals surface area contributed by atoms with Gasteiger partial charge in [0.15, 0.2) is 5.16 Å². The minimum absolute atomic E-state index is 0.0117. The lowest BCUT2D eigenvalue weighted by atomic mass is 10.2. The number of rotatable bonds is 8. The molecule has 0 saturated heterocycles. The molecule has 0 radical (unpaired) electrons. The van der Waals surface area contributed by atoms with Gasteiger partial charge in [-0.2, -0.15) is 0 Å². The number of halogens is 2. The SMILES string of the molecule is CCOC(=O)CSc1nc2sc(C(=O)OCC)c(C)c2c(=O)n1Cc1ccc(Cl)c(Cl)c1. The van der Waals surface area contributed by atoms with Gasteiger partial charge in [-0.25, -0.2) is 9.78 Å². The summed E-state index contributed by atoms with van der Waals surface area (Å²) in [6.07, 6.45) is 0. The predicted octanol–water partition coefficient (Wildman–Crippen LogP) is 4.95. The molecule has 0 spiro atoms. The Labute approximate surface area is 202 Å². The van der Waals surface area contributed by atoms with Gasteiger partial charge < -0.3 is 9.47 Å². The van der Waals surface area contributed by atoms with Crippen molar-refractivity contribution in [2.45, 2.75) is 32.5 Å². The number of benzene rings is 1. The molecule has 0 N–H and O–H groups in total. The van der Waals surface area contributed by atoms with E-state index in [0.29, 0.717) is 35.9 Å². The van der Waals surface area contributed by atoms with Crippen LogP contribution in [-0.2, 0) is 20.8 Å². The zero-order valence-corrected chi connectivity index (χ0v) is 20.7. The summed E-state index contributed by atoms with van der Waals surface area (Å²) in [7, 11) is 0. The summed E-state index contributed by atoms with van der Waals surface area (Å²) in [6.45, 7) is 5.78. The van der Waals surface area contributed by atoms with E-state index in [1.54, 1.807) is 39.0 Å². The molecule has 0 aliphatic heterocycles. The van der Waals surface area contributed by atoms with Crippen molar-refractivity contribution >= 4 is 68.5 Å². The molecule has 2 heterocycles. The summed E-state index contributed by atoms with van der Waals surface area (Å²) in [6, 6.07) is 5.08. The van der Waals surface area contributed by atoms with Gasteiger partial charge in [0.1, 0.15) is 9.71 Å². The molecule has 3 rings (SSSR count). The third kappa shape index (κ3) is 5.28. The number of nitrogens with zero attached hydrogens (tertiary/aromatic N) is 2. The van der Waals surface area contributed by atoms with Gasteiger partial charge in [0, 0.05) is 0 Å². The number of hydrogen-bond acceptors (Lipinski definition) is 8. The zero-order valence-electron chi connectivity index (χ0n) is 17.6. The first-order chi connectivity index (χ1) is 15.3. The average molecular weight is 515 g/mol. The Hall–Kier alpha value is -2.07. The summed E-state index contributed by atoms with van der Waals surface area (Å²) >= 11 is 14.3. The van der Waals surface area contributed by atoms with Crippen molar-refractivity contribution < 1.29 is 19.1 Å². The van der Waals surface area contributed by atoms with Crippen molar-refractivity contribution in [2.24, 2.45) is 0 Å². The number of hydrogen-bond donors (Lipinski definition) is 0. The van der Waals surface area contributed by atoms with Gasteiger partial charge in [0.05, 0.1) is 40.9 Å². The molecule has 0 unspecified atom stereocenters. The second-order valence-corrected chi connectivity index (χ2v) is 9.34. The third-order valence-electron chi connectivity index (χ3n) is 4.43. The van der Waals surface area contributed by atoms with Crippen LogP contribution in [0.15, 0.2) is 28.2 Å². The van der Waals surface area contributed by atoms with Crippen LogP contribution >= 0.6 is 46.3 Å². The highest BCUT2D eigenvalue weighted by Gasteiger charge is 2.23. The van der Waals surface area contributed by atoms with Gasteiger partial charge >= 0.3 is 11.9 Å². The molecule has 0 bridgehead atoms. The highest BCUT2D eigenvalue weighted by Crippen LogP contribution is 2.30. The molecule has 0 fully saturated rings. The number of esters is 2. The Morgan fingerprint density at radius 1 is 1.16 bits per heavy atom. The summed E-state index contributed by atoms with van der Waals surface area (Å²) < 4.78 is 11.5. The average Bonchev–Trinajstić information content (AvgIpc) is 3.08. The number of carbonyl (C=O) groups excluding carboxylic acids is 2. The molecule has 0 amide bonds. The molecule has 0 saturated carbocycles. The van der Waals surface area contributed by atoms with E-state index in [4.69, 9.17) is 32.7 Å². The van der Waals surface area contributed by atoms with Crippen molar-refractivity contribution in [1.82, 2.24) is 9.55 Å². The Kier molecular flexibility index (Phi) is 8.21. The largest absolute Gasteiger partial charge is 0.465 e. The van der Waals surface area contributed by atoms with Crippen molar-refractivity contribution in [1.29, 1.82) is 0 Å². The zero-order chi connectivity index (χ0) is 23.4. The smallest absolute Gasteiger partial charge is 0.348 e. The van der Waals surface area contributed by atoms with Crippen molar-refractivity contribution in [2.75, 3.05) is 19.0 Å². The molecular weight excluding hydrogens is 495 g/mol. The lowest BCUT2D eigenvalue weighted by Gasteiger charge is -2.12. The summed E-state index contributed by atoms with van der Waals surface area (Å²) in [4.78, 5) is 43.0. The lowest BCUT2D eigenvalue weighted by molar-refractivity contribution is -0.139. The molecule has 0 atom stereocenters. The van der Waals surface area contributed by atoms with Crippen LogP contribution in [0.25, 0.3) is 10.2 Å². The number of fused-ring (bicyclic) bond motifs is 1. The molecule has 1 aromatic carbocycles. The minimum Gasteiger partial charge on any atom is -0.465 e. The van der Waals surface area contributed by atoms with E-state index in [1.165, 1.54) is 4.57 Å². The Balaban J connectivity index is 2.12. The first-order valence-corrected chi connectivity index (χ1v) is 12.3. The molecule has 2 aromatic heterocycles. The maximum Gasteiger partial charge on any atom is 0.348 e. The quantitative estimate of drug-likeness (QED) is 0.238. The topological polar surface area (TPSA) is 87.5 Å². The van der Waals surface area contributed by atoms with Crippen LogP contribution in [0.3, 0.4) is 0 Å². The Morgan fingerprint density at radius 3 is 2.53 bits per heavy atom. The highest BCUT2D eigenvalue weighted by molar-refractivity contribution is 7.99. The molecule has 11 heteroatoms. The first-order valence-electron chi connectivity index (χ1n) is 9.70. The molecule has 7 nitrogen and oxygen atoms in total. The van der Waals surface area contributed by atoms with Crippen LogP contribution in [0.2, 0.25) is 10.0 Å². The van der Waals surface area contributed by atoms with Crippen molar-refractivity contribution in [3.05, 3.63) is 54.6 Å². The molecule has 3 aromatic rings. The van der Waals surface area contributed by atoms with Crippen LogP contribution in [0.5, 0.6) is 0 Å². The molecule has 170 valence electrons. The summed E-state index contributed by atoms with van der Waals surface area (Å²) in [5.41, 5.74) is 0.932. The van der Waals surface area contributed by atoms with Crippen LogP contribution < -0.4 is 5.56 Å².